The molecule has 63 heavy (non-hydrogen) atoms. The Hall–Kier alpha value is -1.24. The Kier molecular flexibility index (Phi) is 20.9. The summed E-state index contributed by atoms with van der Waals surface area (Å²) in [4.78, 5) is 51.0. The lowest BCUT2D eigenvalue weighted by molar-refractivity contribution is -0.282. The normalized spacial score (nSPS) is 36.0. The summed E-state index contributed by atoms with van der Waals surface area (Å²) in [5.74, 6) is -1.60. The molecule has 22 nitrogen and oxygen atoms in total. The lowest BCUT2D eigenvalue weighted by atomic mass is 9.92. The number of carbonyl (C=O) groups excluding carboxylic acids is 2. The van der Waals surface area contributed by atoms with E-state index in [1.165, 1.54) is 4.90 Å². The number of aliphatic hydroxyl groups excluding tert-OH is 6. The van der Waals surface area contributed by atoms with E-state index in [-0.39, 0.29) is 63.4 Å². The molecule has 0 saturated carbocycles. The van der Waals surface area contributed by atoms with Gasteiger partial charge in [-0.3, -0.25) is 27.7 Å². The van der Waals surface area contributed by atoms with E-state index < -0.39 is 120 Å². The van der Waals surface area contributed by atoms with Crippen molar-refractivity contribution < 1.29 is 96.2 Å². The van der Waals surface area contributed by atoms with E-state index in [1.54, 1.807) is 39.5 Å². The molecule has 4 aliphatic heterocycles. The van der Waals surface area contributed by atoms with Gasteiger partial charge in [0.1, 0.15) is 24.4 Å². The highest BCUT2D eigenvalue weighted by Crippen LogP contribution is 2.50. The van der Waals surface area contributed by atoms with E-state index in [1.807, 2.05) is 6.92 Å². The van der Waals surface area contributed by atoms with Gasteiger partial charge in [-0.2, -0.15) is 0 Å². The number of likely N-dealkylation sites (tertiary alicyclic amines) is 2. The van der Waals surface area contributed by atoms with E-state index in [0.717, 1.165) is 0 Å². The SMILES string of the molecule is CC1C(OCCCCC(=O)N2C[C@H](C)CC2COP(=O)(O)O[C@@H]2C[C@@H](COP(=O)(O)OC(C)(C)C)N(C(=O)CCCCOC3OC(CO)C(O)C(O)C3C)C2)OC(CO)C(O)C1O. The summed E-state index contributed by atoms with van der Waals surface area (Å²) in [5.41, 5.74) is -1.03. The molecule has 4 rings (SSSR count). The maximum atomic E-state index is 13.5. The fourth-order valence-electron chi connectivity index (χ4n) is 8.24. The van der Waals surface area contributed by atoms with Gasteiger partial charge in [-0.05, 0) is 65.2 Å². The van der Waals surface area contributed by atoms with Crippen LogP contribution in [0.1, 0.15) is 92.9 Å². The highest BCUT2D eigenvalue weighted by Gasteiger charge is 2.45. The first-order valence-electron chi connectivity index (χ1n) is 21.9. The zero-order valence-corrected chi connectivity index (χ0v) is 39.0. The molecule has 0 aliphatic carbocycles. The fourth-order valence-corrected chi connectivity index (χ4v) is 10.3. The van der Waals surface area contributed by atoms with Crippen LogP contribution in [0.2, 0.25) is 0 Å². The zero-order valence-electron chi connectivity index (χ0n) is 37.2. The van der Waals surface area contributed by atoms with Crippen LogP contribution in [0.5, 0.6) is 0 Å². The molecule has 8 N–H and O–H groups in total. The molecule has 24 heteroatoms. The van der Waals surface area contributed by atoms with Crippen LogP contribution in [0.3, 0.4) is 0 Å². The zero-order chi connectivity index (χ0) is 46.9. The number of nitrogens with zero attached hydrogens (tertiary/aromatic N) is 2. The molecule has 4 saturated heterocycles. The summed E-state index contributed by atoms with van der Waals surface area (Å²) in [6, 6.07) is -1.35. The lowest BCUT2D eigenvalue weighted by Gasteiger charge is -2.40. The van der Waals surface area contributed by atoms with Crippen molar-refractivity contribution >= 4 is 27.5 Å². The smallest absolute Gasteiger partial charge is 0.394 e. The number of rotatable bonds is 23. The fraction of sp³-hybridized carbons (Fsp3) is 0.949. The van der Waals surface area contributed by atoms with Crippen LogP contribution in [0.15, 0.2) is 0 Å². The van der Waals surface area contributed by atoms with E-state index in [0.29, 0.717) is 38.6 Å². The molecule has 368 valence electrons. The average molecular weight is 951 g/mol. The predicted molar refractivity (Wildman–Crippen MR) is 220 cm³/mol. The molecule has 0 spiro atoms. The summed E-state index contributed by atoms with van der Waals surface area (Å²) < 4.78 is 70.1. The van der Waals surface area contributed by atoms with Gasteiger partial charge in [-0.15, -0.1) is 0 Å². The van der Waals surface area contributed by atoms with Crippen molar-refractivity contribution in [3.63, 3.8) is 0 Å². The Balaban J connectivity index is 1.26. The van der Waals surface area contributed by atoms with Crippen molar-refractivity contribution in [2.75, 3.05) is 52.7 Å². The van der Waals surface area contributed by atoms with Crippen LogP contribution in [0.25, 0.3) is 0 Å². The van der Waals surface area contributed by atoms with Crippen molar-refractivity contribution in [3.8, 4) is 0 Å². The molecular weight excluding hydrogens is 878 g/mol. The first-order valence-corrected chi connectivity index (χ1v) is 24.9. The molecule has 0 aromatic rings. The van der Waals surface area contributed by atoms with Gasteiger partial charge in [0.25, 0.3) is 0 Å². The van der Waals surface area contributed by atoms with Gasteiger partial charge in [0.05, 0.1) is 62.4 Å². The second kappa shape index (κ2) is 24.2. The van der Waals surface area contributed by atoms with E-state index >= 15 is 0 Å². The van der Waals surface area contributed by atoms with Crippen molar-refractivity contribution in [1.82, 2.24) is 9.80 Å². The average Bonchev–Trinajstić information content (AvgIpc) is 3.79. The number of phosphoric ester groups is 2. The van der Waals surface area contributed by atoms with Gasteiger partial charge in [0.15, 0.2) is 12.6 Å². The number of phosphoric acid groups is 2. The van der Waals surface area contributed by atoms with Crippen LogP contribution in [-0.2, 0) is 55.8 Å². The van der Waals surface area contributed by atoms with Crippen molar-refractivity contribution in [3.05, 3.63) is 0 Å². The Bertz CT molecular complexity index is 1540. The van der Waals surface area contributed by atoms with Gasteiger partial charge in [-0.25, -0.2) is 9.13 Å². The molecular formula is C39H72N2O20P2. The molecule has 2 amide bonds. The number of ether oxygens (including phenoxy) is 4. The summed E-state index contributed by atoms with van der Waals surface area (Å²) >= 11 is 0. The molecule has 4 heterocycles. The minimum absolute atomic E-state index is 0.00189. The second-order valence-corrected chi connectivity index (χ2v) is 21.0. The van der Waals surface area contributed by atoms with E-state index in [4.69, 9.17) is 37.0 Å². The Morgan fingerprint density at radius 2 is 1.11 bits per heavy atom. The van der Waals surface area contributed by atoms with E-state index in [2.05, 4.69) is 0 Å². The molecule has 4 fully saturated rings. The molecule has 0 radical (unpaired) electrons. The number of aliphatic hydroxyl groups is 6. The van der Waals surface area contributed by atoms with Crippen molar-refractivity contribution in [2.24, 2.45) is 17.8 Å². The Morgan fingerprint density at radius 1 is 0.667 bits per heavy atom. The highest BCUT2D eigenvalue weighted by molar-refractivity contribution is 7.47. The van der Waals surface area contributed by atoms with E-state index in [9.17, 15) is 59.1 Å². The van der Waals surface area contributed by atoms with Crippen molar-refractivity contribution in [2.45, 2.75) is 166 Å². The third-order valence-electron chi connectivity index (χ3n) is 11.7. The maximum absolute atomic E-state index is 13.5. The van der Waals surface area contributed by atoms with Crippen LogP contribution in [0, 0.1) is 17.8 Å². The van der Waals surface area contributed by atoms with Crippen LogP contribution in [-0.4, -0.2) is 188 Å². The molecule has 0 bridgehead atoms. The largest absolute Gasteiger partial charge is 0.472 e. The number of amides is 2. The minimum Gasteiger partial charge on any atom is -0.394 e. The van der Waals surface area contributed by atoms with Gasteiger partial charge in [0, 0.05) is 51.0 Å². The van der Waals surface area contributed by atoms with Gasteiger partial charge in [0.2, 0.25) is 11.8 Å². The third kappa shape index (κ3) is 16.2. The number of hydrogen-bond acceptors (Lipinski definition) is 18. The first-order chi connectivity index (χ1) is 29.5. The monoisotopic (exact) mass is 950 g/mol. The van der Waals surface area contributed by atoms with Crippen LogP contribution in [0.4, 0.5) is 0 Å². The number of unbranched alkanes of at least 4 members (excludes halogenated alkanes) is 2. The Labute approximate surface area is 369 Å². The van der Waals surface area contributed by atoms with Crippen LogP contribution >= 0.6 is 15.6 Å². The van der Waals surface area contributed by atoms with Gasteiger partial charge >= 0.3 is 15.6 Å². The molecule has 16 atom stereocenters. The van der Waals surface area contributed by atoms with Gasteiger partial charge in [-0.1, -0.05) is 20.8 Å². The van der Waals surface area contributed by atoms with Crippen LogP contribution < -0.4 is 0 Å². The quantitative estimate of drug-likeness (QED) is 0.0518. The topological polar surface area (TPSA) is 310 Å². The summed E-state index contributed by atoms with van der Waals surface area (Å²) in [7, 11) is -9.33. The summed E-state index contributed by atoms with van der Waals surface area (Å²) in [6.07, 6.45) is -7.26. The molecule has 13 unspecified atom stereocenters. The Morgan fingerprint density at radius 3 is 1.57 bits per heavy atom. The minimum atomic E-state index is -4.76. The maximum Gasteiger partial charge on any atom is 0.472 e. The van der Waals surface area contributed by atoms with Crippen molar-refractivity contribution in [1.29, 1.82) is 0 Å². The van der Waals surface area contributed by atoms with Gasteiger partial charge < -0.3 is 69.2 Å². The summed E-state index contributed by atoms with van der Waals surface area (Å²) in [5, 5.41) is 59.6. The second-order valence-electron chi connectivity index (χ2n) is 18.2. The first kappa shape index (κ1) is 54.4. The number of carbonyl (C=O) groups is 2. The predicted octanol–water partition coefficient (Wildman–Crippen LogP) is 0.783. The summed E-state index contributed by atoms with van der Waals surface area (Å²) in [6.45, 7) is 8.82. The third-order valence-corrected chi connectivity index (χ3v) is 14.0. The molecule has 0 aromatic heterocycles. The number of hydrogen-bond donors (Lipinski definition) is 8. The molecule has 0 aromatic carbocycles. The lowest BCUT2D eigenvalue weighted by Crippen LogP contribution is -2.55. The standard InChI is InChI=1S/C39H72N2O20P2/c1-23-15-26(40(17-23)31(44)11-7-9-13-54-37-24(2)33(46)35(48)29(19-42)58-37)21-56-62(50,51)60-28-16-27(22-57-63(52,53)61-39(4,5)6)41(18-28)32(45)12-8-10-14-55-38-25(3)34(47)36(49)30(20-43)59-38/h23-30,33-38,42-43,46-49H,7-22H2,1-6H3,(H,50,51)(H,52,53)/t23-,24?,25?,26?,27+,28-,29?,30?,33?,34?,35?,36?,37?,38?/m1/s1. The molecule has 4 aliphatic rings. The highest BCUT2D eigenvalue weighted by atomic mass is 31.2.